The number of aliphatic hydroxyl groups excluding tert-OH is 1. The molecule has 0 aromatic heterocycles. The summed E-state index contributed by atoms with van der Waals surface area (Å²) >= 11 is 0. The number of β-amino-alcohol motifs (C(OH)–C–C–N with tert-alkyl or cyclic N) is 1. The zero-order valence-electron chi connectivity index (χ0n) is 7.75. The van der Waals surface area contributed by atoms with Crippen molar-refractivity contribution in [1.82, 2.24) is 5.32 Å². The first-order valence-electron chi connectivity index (χ1n) is 4.35. The Morgan fingerprint density at radius 3 is 3.08 bits per heavy atom. The van der Waals surface area contributed by atoms with Crippen LogP contribution in [0.3, 0.4) is 0 Å². The number of hydrogen-bond donors (Lipinski definition) is 3. The predicted octanol–water partition coefficient (Wildman–Crippen LogP) is -0.558. The molecule has 1 saturated heterocycles. The standard InChI is InChI=1S/C8H16N2O3/c1-8(5-13-7(9)12)2-3-10-4-6(8)11/h6,10-11H,2-5H2,1H3,(H2,9,12). The van der Waals surface area contributed by atoms with E-state index in [-0.39, 0.29) is 12.0 Å². The van der Waals surface area contributed by atoms with E-state index in [9.17, 15) is 9.90 Å². The van der Waals surface area contributed by atoms with E-state index in [1.807, 2.05) is 6.92 Å². The molecule has 1 fully saturated rings. The first-order chi connectivity index (χ1) is 6.04. The van der Waals surface area contributed by atoms with Crippen LogP contribution in [0.15, 0.2) is 0 Å². The van der Waals surface area contributed by atoms with Gasteiger partial charge in [-0.05, 0) is 13.0 Å². The number of hydrogen-bond acceptors (Lipinski definition) is 4. The van der Waals surface area contributed by atoms with Crippen molar-refractivity contribution in [2.45, 2.75) is 19.4 Å². The van der Waals surface area contributed by atoms with E-state index in [0.717, 1.165) is 13.0 Å². The molecule has 1 aliphatic heterocycles. The van der Waals surface area contributed by atoms with E-state index < -0.39 is 12.2 Å². The lowest BCUT2D eigenvalue weighted by Crippen LogP contribution is -2.50. The monoisotopic (exact) mass is 188 g/mol. The minimum absolute atomic E-state index is 0.186. The Morgan fingerprint density at radius 1 is 1.85 bits per heavy atom. The van der Waals surface area contributed by atoms with Crippen LogP contribution in [-0.2, 0) is 4.74 Å². The Morgan fingerprint density at radius 2 is 2.54 bits per heavy atom. The maximum Gasteiger partial charge on any atom is 0.404 e. The second-order valence-electron chi connectivity index (χ2n) is 3.73. The average molecular weight is 188 g/mol. The molecule has 4 N–H and O–H groups in total. The van der Waals surface area contributed by atoms with E-state index in [0.29, 0.717) is 6.54 Å². The number of carbonyl (C=O) groups is 1. The SMILES string of the molecule is CC1(COC(N)=O)CCNCC1O. The second-order valence-corrected chi connectivity index (χ2v) is 3.73. The van der Waals surface area contributed by atoms with Gasteiger partial charge in [-0.15, -0.1) is 0 Å². The average Bonchev–Trinajstić information content (AvgIpc) is 2.07. The minimum atomic E-state index is -0.785. The lowest BCUT2D eigenvalue weighted by Gasteiger charge is -2.37. The van der Waals surface area contributed by atoms with Crippen LogP contribution in [0.25, 0.3) is 0 Å². The molecule has 76 valence electrons. The third-order valence-corrected chi connectivity index (χ3v) is 2.56. The maximum atomic E-state index is 10.4. The van der Waals surface area contributed by atoms with Crippen molar-refractivity contribution in [3.63, 3.8) is 0 Å². The molecule has 1 rings (SSSR count). The lowest BCUT2D eigenvalue weighted by molar-refractivity contribution is -0.0291. The number of primary amides is 1. The molecule has 2 unspecified atom stereocenters. The van der Waals surface area contributed by atoms with Crippen molar-refractivity contribution < 1.29 is 14.6 Å². The number of rotatable bonds is 2. The van der Waals surface area contributed by atoms with Gasteiger partial charge in [-0.3, -0.25) is 0 Å². The highest BCUT2D eigenvalue weighted by atomic mass is 16.5. The molecule has 0 aromatic carbocycles. The van der Waals surface area contributed by atoms with Crippen LogP contribution in [0.4, 0.5) is 4.79 Å². The summed E-state index contributed by atoms with van der Waals surface area (Å²) in [5.41, 5.74) is 4.49. The van der Waals surface area contributed by atoms with Gasteiger partial charge in [-0.2, -0.15) is 0 Å². The number of piperidine rings is 1. The zero-order chi connectivity index (χ0) is 9.90. The molecule has 5 nitrogen and oxygen atoms in total. The smallest absolute Gasteiger partial charge is 0.404 e. The summed E-state index contributed by atoms with van der Waals surface area (Å²) in [6.45, 7) is 3.45. The Hall–Kier alpha value is -0.810. The normalized spacial score (nSPS) is 34.2. The van der Waals surface area contributed by atoms with Crippen LogP contribution in [0.1, 0.15) is 13.3 Å². The Kier molecular flexibility index (Phi) is 3.11. The molecular formula is C8H16N2O3. The number of carbonyl (C=O) groups excluding carboxylic acids is 1. The molecule has 1 heterocycles. The fraction of sp³-hybridized carbons (Fsp3) is 0.875. The molecule has 0 aromatic rings. The van der Waals surface area contributed by atoms with Crippen LogP contribution in [-0.4, -0.2) is 37.0 Å². The van der Waals surface area contributed by atoms with Gasteiger partial charge in [-0.1, -0.05) is 6.92 Å². The van der Waals surface area contributed by atoms with Crippen molar-refractivity contribution in [1.29, 1.82) is 0 Å². The highest BCUT2D eigenvalue weighted by Crippen LogP contribution is 2.28. The van der Waals surface area contributed by atoms with Crippen LogP contribution < -0.4 is 11.1 Å². The molecule has 0 spiro atoms. The largest absolute Gasteiger partial charge is 0.449 e. The first kappa shape index (κ1) is 10.3. The van der Waals surface area contributed by atoms with E-state index in [1.165, 1.54) is 0 Å². The Labute approximate surface area is 77.2 Å². The first-order valence-corrected chi connectivity index (χ1v) is 4.35. The van der Waals surface area contributed by atoms with Crippen LogP contribution >= 0.6 is 0 Å². The summed E-state index contributed by atoms with van der Waals surface area (Å²) in [4.78, 5) is 10.4. The highest BCUT2D eigenvalue weighted by molar-refractivity contribution is 5.64. The van der Waals surface area contributed by atoms with Crippen molar-refractivity contribution in [2.75, 3.05) is 19.7 Å². The molecule has 0 radical (unpaired) electrons. The molecule has 0 bridgehead atoms. The third kappa shape index (κ3) is 2.57. The summed E-state index contributed by atoms with van der Waals surface area (Å²) in [5, 5.41) is 12.7. The lowest BCUT2D eigenvalue weighted by atomic mass is 9.79. The van der Waals surface area contributed by atoms with Crippen molar-refractivity contribution in [3.8, 4) is 0 Å². The van der Waals surface area contributed by atoms with Gasteiger partial charge >= 0.3 is 6.09 Å². The summed E-state index contributed by atoms with van der Waals surface area (Å²) < 4.78 is 4.71. The van der Waals surface area contributed by atoms with Gasteiger partial charge in [-0.25, -0.2) is 4.79 Å². The van der Waals surface area contributed by atoms with Gasteiger partial charge in [0.25, 0.3) is 0 Å². The summed E-state index contributed by atoms with van der Waals surface area (Å²) in [7, 11) is 0. The van der Waals surface area contributed by atoms with Gasteiger partial charge in [0, 0.05) is 12.0 Å². The predicted molar refractivity (Wildman–Crippen MR) is 47.1 cm³/mol. The summed E-state index contributed by atoms with van der Waals surface area (Å²) in [6.07, 6.45) is -0.492. The Balaban J connectivity index is 2.46. The number of amides is 1. The molecule has 0 saturated carbocycles. The van der Waals surface area contributed by atoms with Gasteiger partial charge < -0.3 is 20.9 Å². The Bertz CT molecular complexity index is 198. The van der Waals surface area contributed by atoms with Gasteiger partial charge in [0.1, 0.15) is 6.61 Å². The summed E-state index contributed by atoms with van der Waals surface area (Å²) in [6, 6.07) is 0. The number of ether oxygens (including phenoxy) is 1. The maximum absolute atomic E-state index is 10.4. The molecule has 2 atom stereocenters. The zero-order valence-corrected chi connectivity index (χ0v) is 7.75. The van der Waals surface area contributed by atoms with E-state index in [2.05, 4.69) is 5.32 Å². The fourth-order valence-electron chi connectivity index (χ4n) is 1.43. The fourth-order valence-corrected chi connectivity index (χ4v) is 1.43. The molecule has 13 heavy (non-hydrogen) atoms. The minimum Gasteiger partial charge on any atom is -0.449 e. The van der Waals surface area contributed by atoms with E-state index in [1.54, 1.807) is 0 Å². The van der Waals surface area contributed by atoms with Crippen molar-refractivity contribution in [3.05, 3.63) is 0 Å². The van der Waals surface area contributed by atoms with Crippen LogP contribution in [0.2, 0.25) is 0 Å². The van der Waals surface area contributed by atoms with Gasteiger partial charge in [0.2, 0.25) is 0 Å². The van der Waals surface area contributed by atoms with E-state index in [4.69, 9.17) is 10.5 Å². The van der Waals surface area contributed by atoms with E-state index >= 15 is 0 Å². The third-order valence-electron chi connectivity index (χ3n) is 2.56. The van der Waals surface area contributed by atoms with Crippen LogP contribution in [0, 0.1) is 5.41 Å². The number of nitrogens with two attached hydrogens (primary N) is 1. The van der Waals surface area contributed by atoms with Crippen molar-refractivity contribution >= 4 is 6.09 Å². The van der Waals surface area contributed by atoms with Crippen LogP contribution in [0.5, 0.6) is 0 Å². The molecule has 5 heteroatoms. The van der Waals surface area contributed by atoms with Crippen molar-refractivity contribution in [2.24, 2.45) is 11.1 Å². The summed E-state index contributed by atoms with van der Waals surface area (Å²) in [5.74, 6) is 0. The number of nitrogens with one attached hydrogen (secondary N) is 1. The van der Waals surface area contributed by atoms with Gasteiger partial charge in [0.05, 0.1) is 6.10 Å². The molecule has 1 amide bonds. The molecule has 0 aliphatic carbocycles. The molecule has 1 aliphatic rings. The quantitative estimate of drug-likeness (QED) is 0.542. The highest BCUT2D eigenvalue weighted by Gasteiger charge is 2.36. The van der Waals surface area contributed by atoms with Gasteiger partial charge in [0.15, 0.2) is 0 Å². The topological polar surface area (TPSA) is 84.6 Å². The molecular weight excluding hydrogens is 172 g/mol. The number of aliphatic hydroxyl groups is 1. The second kappa shape index (κ2) is 3.93.